The number of ether oxygens (including phenoxy) is 3. The molecule has 1 aliphatic rings. The quantitative estimate of drug-likeness (QED) is 0.714. The molecule has 28 heavy (non-hydrogen) atoms. The molecule has 1 unspecified atom stereocenters. The Hall–Kier alpha value is -2.31. The van der Waals surface area contributed by atoms with Gasteiger partial charge in [0.15, 0.2) is 11.5 Å². The van der Waals surface area contributed by atoms with E-state index >= 15 is 0 Å². The molecular formula is C22H31N3O3. The van der Waals surface area contributed by atoms with Crippen molar-refractivity contribution in [3.05, 3.63) is 47.7 Å². The van der Waals surface area contributed by atoms with Gasteiger partial charge < -0.3 is 24.4 Å². The minimum atomic E-state index is 0.222. The number of hydrogen-bond donors (Lipinski definition) is 1. The molecule has 2 aromatic rings. The van der Waals surface area contributed by atoms with Crippen LogP contribution in [0.2, 0.25) is 0 Å². The van der Waals surface area contributed by atoms with Crippen molar-refractivity contribution < 1.29 is 14.2 Å². The number of likely N-dealkylation sites (N-methyl/N-ethyl adjacent to an activating group) is 1. The Morgan fingerprint density at radius 2 is 1.93 bits per heavy atom. The Morgan fingerprint density at radius 3 is 2.61 bits per heavy atom. The highest BCUT2D eigenvalue weighted by molar-refractivity contribution is 5.45. The van der Waals surface area contributed by atoms with Gasteiger partial charge in [-0.3, -0.25) is 0 Å². The first-order valence-corrected chi connectivity index (χ1v) is 9.86. The summed E-state index contributed by atoms with van der Waals surface area (Å²) >= 11 is 0. The third-order valence-corrected chi connectivity index (χ3v) is 4.95. The molecular weight excluding hydrogens is 354 g/mol. The molecule has 1 atom stereocenters. The molecule has 0 bridgehead atoms. The van der Waals surface area contributed by atoms with E-state index in [1.165, 1.54) is 5.56 Å². The fourth-order valence-electron chi connectivity index (χ4n) is 3.31. The maximum atomic E-state index is 5.74. The van der Waals surface area contributed by atoms with Gasteiger partial charge in [0.2, 0.25) is 0 Å². The summed E-state index contributed by atoms with van der Waals surface area (Å²) in [7, 11) is 3.73. The van der Waals surface area contributed by atoms with Gasteiger partial charge in [0.25, 0.3) is 0 Å². The van der Waals surface area contributed by atoms with Crippen molar-refractivity contribution in [3.63, 3.8) is 0 Å². The lowest BCUT2D eigenvalue weighted by molar-refractivity contribution is 0.171. The van der Waals surface area contributed by atoms with Crippen LogP contribution >= 0.6 is 0 Å². The van der Waals surface area contributed by atoms with Crippen molar-refractivity contribution in [1.82, 2.24) is 10.3 Å². The fourth-order valence-corrected chi connectivity index (χ4v) is 3.31. The topological polar surface area (TPSA) is 55.9 Å². The third-order valence-electron chi connectivity index (χ3n) is 4.95. The third kappa shape index (κ3) is 5.14. The van der Waals surface area contributed by atoms with E-state index in [2.05, 4.69) is 53.3 Å². The second kappa shape index (κ2) is 9.75. The average molecular weight is 386 g/mol. The Bertz CT molecular complexity index is 749. The smallest absolute Gasteiger partial charge is 0.161 e. The fraction of sp³-hybridized carbons (Fsp3) is 0.500. The van der Waals surface area contributed by atoms with Crippen LogP contribution in [0.4, 0.5) is 5.82 Å². The first kappa shape index (κ1) is 20.4. The van der Waals surface area contributed by atoms with Crippen LogP contribution in [-0.2, 0) is 11.3 Å². The van der Waals surface area contributed by atoms with E-state index in [9.17, 15) is 0 Å². The Kier molecular flexibility index (Phi) is 7.12. The van der Waals surface area contributed by atoms with Crippen LogP contribution in [0.5, 0.6) is 11.5 Å². The summed E-state index contributed by atoms with van der Waals surface area (Å²) in [6.45, 7) is 7.93. The van der Waals surface area contributed by atoms with Crippen molar-refractivity contribution in [2.75, 3.05) is 45.4 Å². The van der Waals surface area contributed by atoms with Crippen molar-refractivity contribution in [3.8, 4) is 11.5 Å². The molecule has 0 aliphatic carbocycles. The lowest BCUT2D eigenvalue weighted by atomic mass is 9.95. The molecule has 1 aromatic carbocycles. The lowest BCUT2D eigenvalue weighted by Crippen LogP contribution is -2.26. The largest absolute Gasteiger partial charge is 0.486 e. The first-order chi connectivity index (χ1) is 13.6. The predicted molar refractivity (Wildman–Crippen MR) is 111 cm³/mol. The molecule has 1 N–H and O–H groups in total. The number of hydrogen-bond acceptors (Lipinski definition) is 6. The van der Waals surface area contributed by atoms with E-state index in [0.29, 0.717) is 25.7 Å². The standard InChI is InChI=1S/C22H31N3O3/c1-16(2)22(18-6-7-19-20(13-18)28-12-11-27-19)24-15-17-5-8-21(23-14-17)25(3)9-10-26-4/h5-8,13-14,16,22,24H,9-12,15H2,1-4H3. The summed E-state index contributed by atoms with van der Waals surface area (Å²) in [5, 5.41) is 3.67. The summed E-state index contributed by atoms with van der Waals surface area (Å²) in [6.07, 6.45) is 1.94. The van der Waals surface area contributed by atoms with Gasteiger partial charge in [-0.25, -0.2) is 4.98 Å². The maximum Gasteiger partial charge on any atom is 0.161 e. The lowest BCUT2D eigenvalue weighted by Gasteiger charge is -2.25. The van der Waals surface area contributed by atoms with Crippen LogP contribution in [0.15, 0.2) is 36.5 Å². The molecule has 0 amide bonds. The number of pyridine rings is 1. The number of aromatic nitrogens is 1. The Morgan fingerprint density at radius 1 is 1.14 bits per heavy atom. The van der Waals surface area contributed by atoms with Crippen molar-refractivity contribution in [2.45, 2.75) is 26.4 Å². The molecule has 2 heterocycles. The average Bonchev–Trinajstić information content (AvgIpc) is 2.72. The van der Waals surface area contributed by atoms with Crippen molar-refractivity contribution in [2.24, 2.45) is 5.92 Å². The highest BCUT2D eigenvalue weighted by atomic mass is 16.6. The zero-order valence-corrected chi connectivity index (χ0v) is 17.3. The van der Waals surface area contributed by atoms with Gasteiger partial charge in [-0.05, 0) is 35.2 Å². The van der Waals surface area contributed by atoms with Crippen molar-refractivity contribution >= 4 is 5.82 Å². The molecule has 0 saturated carbocycles. The van der Waals surface area contributed by atoms with Crippen LogP contribution in [0.25, 0.3) is 0 Å². The van der Waals surface area contributed by atoms with Crippen molar-refractivity contribution in [1.29, 1.82) is 0 Å². The summed E-state index contributed by atoms with van der Waals surface area (Å²) < 4.78 is 16.5. The van der Waals surface area contributed by atoms with E-state index < -0.39 is 0 Å². The molecule has 0 fully saturated rings. The molecule has 0 saturated heterocycles. The molecule has 3 rings (SSSR count). The van der Waals surface area contributed by atoms with E-state index in [1.807, 2.05) is 19.3 Å². The van der Waals surface area contributed by atoms with Gasteiger partial charge in [0.1, 0.15) is 19.0 Å². The zero-order valence-electron chi connectivity index (χ0n) is 17.3. The molecule has 1 aromatic heterocycles. The zero-order chi connectivity index (χ0) is 19.9. The van der Waals surface area contributed by atoms with Crippen LogP contribution < -0.4 is 19.7 Å². The van der Waals surface area contributed by atoms with Gasteiger partial charge in [-0.2, -0.15) is 0 Å². The van der Waals surface area contributed by atoms with E-state index in [0.717, 1.165) is 36.0 Å². The predicted octanol–water partition coefficient (Wildman–Crippen LogP) is 3.42. The number of benzene rings is 1. The number of anilines is 1. The van der Waals surface area contributed by atoms with Crippen LogP contribution in [0.1, 0.15) is 31.0 Å². The highest BCUT2D eigenvalue weighted by Gasteiger charge is 2.19. The second-order valence-electron chi connectivity index (χ2n) is 7.44. The molecule has 6 nitrogen and oxygen atoms in total. The number of rotatable bonds is 9. The van der Waals surface area contributed by atoms with E-state index in [4.69, 9.17) is 14.2 Å². The number of methoxy groups -OCH3 is 1. The number of nitrogens with zero attached hydrogens (tertiary/aromatic N) is 2. The minimum Gasteiger partial charge on any atom is -0.486 e. The Balaban J connectivity index is 1.64. The summed E-state index contributed by atoms with van der Waals surface area (Å²) in [5.41, 5.74) is 2.37. The van der Waals surface area contributed by atoms with Gasteiger partial charge >= 0.3 is 0 Å². The molecule has 152 valence electrons. The molecule has 1 aliphatic heterocycles. The summed E-state index contributed by atoms with van der Waals surface area (Å²) in [5.74, 6) is 3.05. The Labute approximate surface area is 167 Å². The normalized spacial score (nSPS) is 14.2. The number of nitrogens with one attached hydrogen (secondary N) is 1. The monoisotopic (exact) mass is 385 g/mol. The maximum absolute atomic E-state index is 5.74. The van der Waals surface area contributed by atoms with E-state index in [-0.39, 0.29) is 6.04 Å². The first-order valence-electron chi connectivity index (χ1n) is 9.86. The van der Waals surface area contributed by atoms with Gasteiger partial charge in [-0.1, -0.05) is 26.0 Å². The molecule has 0 radical (unpaired) electrons. The van der Waals surface area contributed by atoms with Crippen LogP contribution in [0, 0.1) is 5.92 Å². The summed E-state index contributed by atoms with van der Waals surface area (Å²) in [6, 6.07) is 10.6. The van der Waals surface area contributed by atoms with Crippen LogP contribution in [0.3, 0.4) is 0 Å². The van der Waals surface area contributed by atoms with E-state index in [1.54, 1.807) is 7.11 Å². The summed E-state index contributed by atoms with van der Waals surface area (Å²) in [4.78, 5) is 6.67. The van der Waals surface area contributed by atoms with Gasteiger partial charge in [0, 0.05) is 39.5 Å². The highest BCUT2D eigenvalue weighted by Crippen LogP contribution is 2.34. The molecule has 6 heteroatoms. The number of fused-ring (bicyclic) bond motifs is 1. The minimum absolute atomic E-state index is 0.222. The van der Waals surface area contributed by atoms with Gasteiger partial charge in [0.05, 0.1) is 6.61 Å². The second-order valence-corrected chi connectivity index (χ2v) is 7.44. The molecule has 0 spiro atoms. The van der Waals surface area contributed by atoms with Crippen LogP contribution in [-0.4, -0.2) is 45.5 Å². The van der Waals surface area contributed by atoms with Gasteiger partial charge in [-0.15, -0.1) is 0 Å². The SMILES string of the molecule is COCCN(C)c1ccc(CNC(c2ccc3c(c2)OCCO3)C(C)C)cn1.